The average Bonchev–Trinajstić information content (AvgIpc) is 2.48. The molecule has 2 aromatic rings. The van der Waals surface area contributed by atoms with Crippen molar-refractivity contribution in [1.29, 1.82) is 0 Å². The average molecular weight is 283 g/mol. The van der Waals surface area contributed by atoms with Gasteiger partial charge in [-0.25, -0.2) is 0 Å². The first kappa shape index (κ1) is 14.7. The minimum atomic E-state index is -1.18. The number of rotatable bonds is 4. The lowest BCUT2D eigenvalue weighted by Crippen LogP contribution is -2.45. The Hall–Kier alpha value is -2.66. The van der Waals surface area contributed by atoms with Gasteiger partial charge < -0.3 is 16.8 Å². The van der Waals surface area contributed by atoms with E-state index >= 15 is 0 Å². The molecule has 0 heterocycles. The zero-order valence-corrected chi connectivity index (χ0v) is 11.7. The van der Waals surface area contributed by atoms with Gasteiger partial charge in [0.25, 0.3) is 0 Å². The number of nitrogens with one attached hydrogen (secondary N) is 1. The van der Waals surface area contributed by atoms with Crippen LogP contribution in [-0.4, -0.2) is 11.8 Å². The number of primary amides is 1. The predicted molar refractivity (Wildman–Crippen MR) is 81.6 cm³/mol. The van der Waals surface area contributed by atoms with Gasteiger partial charge in [0.2, 0.25) is 11.8 Å². The van der Waals surface area contributed by atoms with Gasteiger partial charge in [-0.1, -0.05) is 36.4 Å². The van der Waals surface area contributed by atoms with E-state index in [4.69, 9.17) is 11.5 Å². The van der Waals surface area contributed by atoms with Crippen LogP contribution in [0.3, 0.4) is 0 Å². The molecule has 108 valence electrons. The van der Waals surface area contributed by atoms with Crippen LogP contribution in [0.15, 0.2) is 54.6 Å². The molecule has 0 spiro atoms. The zero-order chi connectivity index (χ0) is 15.5. The van der Waals surface area contributed by atoms with Gasteiger partial charge in [0.05, 0.1) is 0 Å². The Morgan fingerprint density at radius 3 is 2.33 bits per heavy atom. The molecule has 0 saturated heterocycles. The molecule has 0 aliphatic carbocycles. The minimum absolute atomic E-state index is 0.325. The Kier molecular flexibility index (Phi) is 4.05. The van der Waals surface area contributed by atoms with Crippen molar-refractivity contribution in [2.45, 2.75) is 12.5 Å². The van der Waals surface area contributed by atoms with E-state index < -0.39 is 11.4 Å². The third kappa shape index (κ3) is 3.27. The second-order valence-electron chi connectivity index (χ2n) is 4.97. The summed E-state index contributed by atoms with van der Waals surface area (Å²) in [5.41, 5.74) is 11.7. The molecule has 0 aliphatic rings. The van der Waals surface area contributed by atoms with E-state index in [-0.39, 0.29) is 5.91 Å². The molecule has 1 unspecified atom stereocenters. The molecule has 0 saturated carbocycles. The van der Waals surface area contributed by atoms with Crippen molar-refractivity contribution in [2.24, 2.45) is 11.5 Å². The van der Waals surface area contributed by atoms with Crippen LogP contribution in [0, 0.1) is 0 Å². The maximum Gasteiger partial charge on any atom is 0.248 e. The maximum atomic E-state index is 12.4. The van der Waals surface area contributed by atoms with E-state index in [1.165, 1.54) is 6.07 Å². The number of benzene rings is 2. The number of nitrogens with two attached hydrogens (primary N) is 2. The zero-order valence-electron chi connectivity index (χ0n) is 11.7. The largest absolute Gasteiger partial charge is 0.366 e. The van der Waals surface area contributed by atoms with Gasteiger partial charge >= 0.3 is 0 Å². The quantitative estimate of drug-likeness (QED) is 0.794. The normalized spacial score (nSPS) is 13.2. The molecule has 5 N–H and O–H groups in total. The van der Waals surface area contributed by atoms with Crippen LogP contribution < -0.4 is 16.8 Å². The second kappa shape index (κ2) is 5.76. The van der Waals surface area contributed by atoms with E-state index in [1.807, 2.05) is 18.2 Å². The number of hydrogen-bond donors (Lipinski definition) is 3. The summed E-state index contributed by atoms with van der Waals surface area (Å²) in [5.74, 6) is -0.917. The maximum absolute atomic E-state index is 12.4. The monoisotopic (exact) mass is 283 g/mol. The summed E-state index contributed by atoms with van der Waals surface area (Å²) in [6.07, 6.45) is 0. The molecule has 5 nitrogen and oxygen atoms in total. The van der Waals surface area contributed by atoms with Crippen LogP contribution >= 0.6 is 0 Å². The third-order valence-electron chi connectivity index (χ3n) is 3.25. The standard InChI is InChI=1S/C16H17N3O2/c1-16(18,12-7-3-2-4-8-12)15(21)19-13-9-5-6-11(10-13)14(17)20/h2-10H,18H2,1H3,(H2,17,20)(H,19,21). The molecule has 0 bridgehead atoms. The molecule has 0 aromatic heterocycles. The molecule has 0 radical (unpaired) electrons. The van der Waals surface area contributed by atoms with Crippen molar-refractivity contribution < 1.29 is 9.59 Å². The van der Waals surface area contributed by atoms with Gasteiger partial charge in [-0.2, -0.15) is 0 Å². The number of carbonyl (C=O) groups is 2. The van der Waals surface area contributed by atoms with E-state index in [0.717, 1.165) is 0 Å². The highest BCUT2D eigenvalue weighted by atomic mass is 16.2. The Balaban J connectivity index is 2.21. The minimum Gasteiger partial charge on any atom is -0.366 e. The fraction of sp³-hybridized carbons (Fsp3) is 0.125. The van der Waals surface area contributed by atoms with Crippen molar-refractivity contribution in [2.75, 3.05) is 5.32 Å². The Bertz CT molecular complexity index is 666. The van der Waals surface area contributed by atoms with E-state index in [9.17, 15) is 9.59 Å². The molecule has 5 heteroatoms. The molecule has 0 aliphatic heterocycles. The second-order valence-corrected chi connectivity index (χ2v) is 4.97. The lowest BCUT2D eigenvalue weighted by molar-refractivity contribution is -0.120. The lowest BCUT2D eigenvalue weighted by Gasteiger charge is -2.24. The molecule has 0 fully saturated rings. The summed E-state index contributed by atoms with van der Waals surface area (Å²) in [5, 5.41) is 2.70. The first-order valence-electron chi connectivity index (χ1n) is 6.47. The molecule has 2 aromatic carbocycles. The SMILES string of the molecule is CC(N)(C(=O)Nc1cccc(C(N)=O)c1)c1ccccc1. The highest BCUT2D eigenvalue weighted by molar-refractivity contribution is 6.00. The summed E-state index contributed by atoms with van der Waals surface area (Å²) >= 11 is 0. The Morgan fingerprint density at radius 1 is 1.05 bits per heavy atom. The number of hydrogen-bond acceptors (Lipinski definition) is 3. The molecule has 1 atom stereocenters. The molecule has 21 heavy (non-hydrogen) atoms. The van der Waals surface area contributed by atoms with Crippen LogP contribution in [0.1, 0.15) is 22.8 Å². The van der Waals surface area contributed by atoms with Gasteiger partial charge in [0.1, 0.15) is 5.54 Å². The summed E-state index contributed by atoms with van der Waals surface area (Å²) in [6, 6.07) is 15.5. The number of carbonyl (C=O) groups excluding carboxylic acids is 2. The van der Waals surface area contributed by atoms with Gasteiger partial charge in [-0.15, -0.1) is 0 Å². The fourth-order valence-corrected chi connectivity index (χ4v) is 1.93. The van der Waals surface area contributed by atoms with Crippen molar-refractivity contribution >= 4 is 17.5 Å². The van der Waals surface area contributed by atoms with Crippen molar-refractivity contribution in [1.82, 2.24) is 0 Å². The summed E-state index contributed by atoms with van der Waals surface area (Å²) in [7, 11) is 0. The highest BCUT2D eigenvalue weighted by Gasteiger charge is 2.30. The smallest absolute Gasteiger partial charge is 0.248 e. The van der Waals surface area contributed by atoms with Gasteiger partial charge in [-0.05, 0) is 30.7 Å². The molecule has 2 amide bonds. The first-order valence-corrected chi connectivity index (χ1v) is 6.47. The van der Waals surface area contributed by atoms with Crippen LogP contribution in [0.5, 0.6) is 0 Å². The van der Waals surface area contributed by atoms with Gasteiger partial charge in [-0.3, -0.25) is 9.59 Å². The van der Waals surface area contributed by atoms with Crippen LogP contribution in [0.4, 0.5) is 5.69 Å². The van der Waals surface area contributed by atoms with E-state index in [2.05, 4.69) is 5.32 Å². The lowest BCUT2D eigenvalue weighted by atomic mass is 9.92. The van der Waals surface area contributed by atoms with Crippen molar-refractivity contribution in [3.05, 3.63) is 65.7 Å². The van der Waals surface area contributed by atoms with Crippen molar-refractivity contribution in [3.63, 3.8) is 0 Å². The van der Waals surface area contributed by atoms with Gasteiger partial charge in [0, 0.05) is 11.3 Å². The third-order valence-corrected chi connectivity index (χ3v) is 3.25. The van der Waals surface area contributed by atoms with Crippen LogP contribution in [0.25, 0.3) is 0 Å². The number of amides is 2. The summed E-state index contributed by atoms with van der Waals surface area (Å²) < 4.78 is 0. The molecular weight excluding hydrogens is 266 g/mol. The van der Waals surface area contributed by atoms with E-state index in [1.54, 1.807) is 37.3 Å². The topological polar surface area (TPSA) is 98.2 Å². The number of anilines is 1. The van der Waals surface area contributed by atoms with Crippen LogP contribution in [-0.2, 0) is 10.3 Å². The summed E-state index contributed by atoms with van der Waals surface area (Å²) in [6.45, 7) is 1.63. The fourth-order valence-electron chi connectivity index (χ4n) is 1.93. The molecular formula is C16H17N3O2. The molecule has 2 rings (SSSR count). The van der Waals surface area contributed by atoms with Crippen LogP contribution in [0.2, 0.25) is 0 Å². The Morgan fingerprint density at radius 2 is 1.71 bits per heavy atom. The van der Waals surface area contributed by atoms with E-state index in [0.29, 0.717) is 16.8 Å². The predicted octanol–water partition coefficient (Wildman–Crippen LogP) is 1.60. The highest BCUT2D eigenvalue weighted by Crippen LogP contribution is 2.20. The van der Waals surface area contributed by atoms with Crippen molar-refractivity contribution in [3.8, 4) is 0 Å². The summed E-state index contributed by atoms with van der Waals surface area (Å²) in [4.78, 5) is 23.5. The first-order chi connectivity index (χ1) is 9.91. The van der Waals surface area contributed by atoms with Gasteiger partial charge in [0.15, 0.2) is 0 Å². The Labute approximate surface area is 123 Å².